The number of allylic oxidation sites excluding steroid dienone is 2. The zero-order chi connectivity index (χ0) is 24.7. The Labute approximate surface area is 202 Å². The van der Waals surface area contributed by atoms with Gasteiger partial charge in [-0.2, -0.15) is 0 Å². The fourth-order valence-electron chi connectivity index (χ4n) is 4.18. The molecule has 0 unspecified atom stereocenters. The van der Waals surface area contributed by atoms with E-state index in [2.05, 4.69) is 39.4 Å². The Bertz CT molecular complexity index is 1190. The molecular weight excluding hydrogens is 425 g/mol. The molecule has 3 aromatic rings. The number of pyridine rings is 1. The van der Waals surface area contributed by atoms with Crippen molar-refractivity contribution >= 4 is 5.65 Å². The highest BCUT2D eigenvalue weighted by Crippen LogP contribution is 2.29. The van der Waals surface area contributed by atoms with Gasteiger partial charge in [0.15, 0.2) is 0 Å². The van der Waals surface area contributed by atoms with Crippen LogP contribution in [-0.2, 0) is 12.8 Å². The molecule has 0 atom stereocenters. The summed E-state index contributed by atoms with van der Waals surface area (Å²) in [6.45, 7) is 11.0. The van der Waals surface area contributed by atoms with Crippen molar-refractivity contribution in [3.63, 3.8) is 0 Å². The van der Waals surface area contributed by atoms with E-state index in [0.717, 1.165) is 70.8 Å². The molecule has 6 heteroatoms. The Balaban J connectivity index is 1.88. The summed E-state index contributed by atoms with van der Waals surface area (Å²) in [7, 11) is 5.78. The lowest BCUT2D eigenvalue weighted by Gasteiger charge is -2.22. The minimum atomic E-state index is -0.170. The van der Waals surface area contributed by atoms with Crippen molar-refractivity contribution in [3.8, 4) is 11.1 Å². The van der Waals surface area contributed by atoms with Crippen molar-refractivity contribution in [1.29, 1.82) is 0 Å². The highest BCUT2D eigenvalue weighted by molar-refractivity contribution is 5.68. The highest BCUT2D eigenvalue weighted by atomic mass is 19.1. The van der Waals surface area contributed by atoms with Gasteiger partial charge < -0.3 is 19.9 Å². The molecule has 34 heavy (non-hydrogen) atoms. The molecule has 0 amide bonds. The molecule has 1 aromatic carbocycles. The number of benzene rings is 1. The third kappa shape index (κ3) is 5.57. The molecule has 0 aliphatic carbocycles. The second-order valence-electron chi connectivity index (χ2n) is 8.46. The molecule has 2 N–H and O–H groups in total. The first kappa shape index (κ1) is 25.2. The molecule has 3 rings (SSSR count). The third-order valence-electron chi connectivity index (χ3n) is 6.37. The van der Waals surface area contributed by atoms with Gasteiger partial charge in [-0.25, -0.2) is 9.37 Å². The fraction of sp³-hybridized carbons (Fsp3) is 0.321. The number of halogens is 1. The minimum absolute atomic E-state index is 0.170. The molecule has 0 saturated heterocycles. The average Bonchev–Trinajstić information content (AvgIpc) is 3.26. The summed E-state index contributed by atoms with van der Waals surface area (Å²) >= 11 is 0. The predicted octanol–water partition coefficient (Wildman–Crippen LogP) is 5.31. The van der Waals surface area contributed by atoms with Gasteiger partial charge in [-0.1, -0.05) is 25.3 Å². The van der Waals surface area contributed by atoms with Crippen LogP contribution in [0.5, 0.6) is 0 Å². The standard InChI is InChI=1S/C28H36FN5/c1-7-33(6)21(3)24(20(2)31-5)10-8-12-26-25(11-9-13-27(26)29)22-14-15-28-32-18-23(16-17-30-4)34(28)19-22/h7,9,11,13-15,18-19,30-31H,1,3,8,10,12,16-17H2,2,4-6H3/b24-20-. The highest BCUT2D eigenvalue weighted by Gasteiger charge is 2.14. The van der Waals surface area contributed by atoms with E-state index < -0.39 is 0 Å². The number of imidazole rings is 1. The average molecular weight is 462 g/mol. The van der Waals surface area contributed by atoms with Crippen LogP contribution < -0.4 is 10.6 Å². The molecule has 2 aromatic heterocycles. The summed E-state index contributed by atoms with van der Waals surface area (Å²) in [5.41, 5.74) is 7.76. The van der Waals surface area contributed by atoms with Crippen LogP contribution in [0.1, 0.15) is 31.0 Å². The summed E-state index contributed by atoms with van der Waals surface area (Å²) in [4.78, 5) is 6.42. The van der Waals surface area contributed by atoms with E-state index in [1.54, 1.807) is 18.3 Å². The number of hydrogen-bond acceptors (Lipinski definition) is 4. The molecule has 0 radical (unpaired) electrons. The summed E-state index contributed by atoms with van der Waals surface area (Å²) in [6, 6.07) is 9.36. The van der Waals surface area contributed by atoms with Gasteiger partial charge in [0.2, 0.25) is 0 Å². The van der Waals surface area contributed by atoms with Crippen molar-refractivity contribution < 1.29 is 4.39 Å². The lowest BCUT2D eigenvalue weighted by molar-refractivity contribution is 0.566. The van der Waals surface area contributed by atoms with Crippen LogP contribution in [0.15, 0.2) is 79.1 Å². The first-order valence-corrected chi connectivity index (χ1v) is 11.7. The van der Waals surface area contributed by atoms with Crippen LogP contribution in [0.3, 0.4) is 0 Å². The molecular formula is C28H36FN5. The van der Waals surface area contributed by atoms with E-state index in [4.69, 9.17) is 0 Å². The third-order valence-corrected chi connectivity index (χ3v) is 6.37. The zero-order valence-corrected chi connectivity index (χ0v) is 20.8. The number of aromatic nitrogens is 2. The van der Waals surface area contributed by atoms with Gasteiger partial charge in [-0.05, 0) is 79.9 Å². The van der Waals surface area contributed by atoms with E-state index in [1.807, 2.05) is 57.4 Å². The molecule has 2 heterocycles. The van der Waals surface area contributed by atoms with Crippen LogP contribution in [-0.4, -0.2) is 42.0 Å². The lowest BCUT2D eigenvalue weighted by Crippen LogP contribution is -2.16. The second-order valence-corrected chi connectivity index (χ2v) is 8.46. The Hall–Kier alpha value is -3.38. The van der Waals surface area contributed by atoms with Gasteiger partial charge in [0.1, 0.15) is 11.5 Å². The number of nitrogens with zero attached hydrogens (tertiary/aromatic N) is 3. The van der Waals surface area contributed by atoms with Gasteiger partial charge in [0.05, 0.1) is 0 Å². The Kier molecular flexibility index (Phi) is 8.66. The number of hydrogen-bond donors (Lipinski definition) is 2. The molecule has 180 valence electrons. The van der Waals surface area contributed by atoms with Crippen molar-refractivity contribution in [2.45, 2.75) is 32.6 Å². The normalized spacial score (nSPS) is 11.9. The molecule has 0 fully saturated rings. The maximum atomic E-state index is 15.0. The molecule has 0 saturated carbocycles. The van der Waals surface area contributed by atoms with Crippen LogP contribution in [0.2, 0.25) is 0 Å². The first-order valence-electron chi connectivity index (χ1n) is 11.7. The lowest BCUT2D eigenvalue weighted by atomic mass is 9.94. The zero-order valence-electron chi connectivity index (χ0n) is 20.8. The van der Waals surface area contributed by atoms with Crippen LogP contribution in [0.25, 0.3) is 16.8 Å². The predicted molar refractivity (Wildman–Crippen MR) is 140 cm³/mol. The topological polar surface area (TPSA) is 44.6 Å². The Morgan fingerprint density at radius 1 is 1.21 bits per heavy atom. The number of nitrogens with one attached hydrogen (secondary N) is 2. The van der Waals surface area contributed by atoms with Crippen LogP contribution >= 0.6 is 0 Å². The molecule has 0 aliphatic rings. The van der Waals surface area contributed by atoms with Gasteiger partial charge in [-0.3, -0.25) is 0 Å². The SMILES string of the molecule is C=CN(C)C(=C)/C(CCCc1c(F)cccc1-c1ccc2ncc(CCNC)n2c1)=C(/C)NC. The quantitative estimate of drug-likeness (QED) is 0.359. The van der Waals surface area contributed by atoms with Gasteiger partial charge in [0.25, 0.3) is 0 Å². The van der Waals surface area contributed by atoms with Crippen LogP contribution in [0.4, 0.5) is 4.39 Å². The summed E-state index contributed by atoms with van der Waals surface area (Å²) < 4.78 is 17.1. The van der Waals surface area contributed by atoms with Crippen molar-refractivity contribution in [1.82, 2.24) is 24.9 Å². The maximum Gasteiger partial charge on any atom is 0.136 e. The maximum absolute atomic E-state index is 15.0. The van der Waals surface area contributed by atoms with Gasteiger partial charge >= 0.3 is 0 Å². The van der Waals surface area contributed by atoms with Gasteiger partial charge in [-0.15, -0.1) is 0 Å². The smallest absolute Gasteiger partial charge is 0.136 e. The van der Waals surface area contributed by atoms with Gasteiger partial charge in [0, 0.05) is 56.5 Å². The van der Waals surface area contributed by atoms with E-state index in [1.165, 1.54) is 0 Å². The Morgan fingerprint density at radius 2 is 2.00 bits per heavy atom. The van der Waals surface area contributed by atoms with E-state index in [-0.39, 0.29) is 5.82 Å². The minimum Gasteiger partial charge on any atom is -0.391 e. The van der Waals surface area contributed by atoms with Crippen LogP contribution in [0, 0.1) is 5.82 Å². The molecule has 0 spiro atoms. The molecule has 0 aliphatic heterocycles. The van der Waals surface area contributed by atoms with E-state index in [9.17, 15) is 0 Å². The van der Waals surface area contributed by atoms with Crippen molar-refractivity contribution in [2.24, 2.45) is 0 Å². The second kappa shape index (κ2) is 11.7. The Morgan fingerprint density at radius 3 is 2.71 bits per heavy atom. The number of likely N-dealkylation sites (N-methyl/N-ethyl adjacent to an activating group) is 2. The number of fused-ring (bicyclic) bond motifs is 1. The molecule has 0 bridgehead atoms. The monoisotopic (exact) mass is 461 g/mol. The van der Waals surface area contributed by atoms with Crippen molar-refractivity contribution in [3.05, 3.63) is 96.1 Å². The summed E-state index contributed by atoms with van der Waals surface area (Å²) in [5.74, 6) is -0.170. The molecule has 5 nitrogen and oxygen atoms in total. The number of rotatable bonds is 12. The largest absolute Gasteiger partial charge is 0.391 e. The summed E-state index contributed by atoms with van der Waals surface area (Å²) in [5, 5.41) is 6.41. The first-order chi connectivity index (χ1) is 16.4. The van der Waals surface area contributed by atoms with E-state index in [0.29, 0.717) is 6.42 Å². The fourth-order valence-corrected chi connectivity index (χ4v) is 4.18. The van der Waals surface area contributed by atoms with E-state index >= 15 is 4.39 Å². The van der Waals surface area contributed by atoms with Crippen molar-refractivity contribution in [2.75, 3.05) is 27.7 Å². The summed E-state index contributed by atoms with van der Waals surface area (Å²) in [6.07, 6.45) is 8.82.